The van der Waals surface area contributed by atoms with E-state index < -0.39 is 17.8 Å². The molecule has 0 aromatic heterocycles. The van der Waals surface area contributed by atoms with Crippen LogP contribution in [0, 0.1) is 11.8 Å². The van der Waals surface area contributed by atoms with Gasteiger partial charge < -0.3 is 20.1 Å². The Morgan fingerprint density at radius 3 is 2.17 bits per heavy atom. The molecule has 0 spiro atoms. The highest BCUT2D eigenvalue weighted by Gasteiger charge is 2.31. The lowest BCUT2D eigenvalue weighted by molar-refractivity contribution is -0.313. The molecule has 1 aromatic carbocycles. The van der Waals surface area contributed by atoms with Crippen molar-refractivity contribution in [2.24, 2.45) is 11.8 Å². The molecule has 1 fully saturated rings. The van der Waals surface area contributed by atoms with Crippen LogP contribution in [0.15, 0.2) is 24.3 Å². The summed E-state index contributed by atoms with van der Waals surface area (Å²) in [7, 11) is 1.67. The Morgan fingerprint density at radius 2 is 1.65 bits per heavy atom. The maximum absolute atomic E-state index is 12.3. The molecule has 0 aliphatic heterocycles. The fourth-order valence-corrected chi connectivity index (χ4v) is 2.91. The molecule has 124 valence electrons. The molecule has 0 unspecified atom stereocenters. The number of nitrogens with zero attached hydrogens (tertiary/aromatic N) is 1. The lowest BCUT2D eigenvalue weighted by Gasteiger charge is -2.31. The summed E-state index contributed by atoms with van der Waals surface area (Å²) in [5.41, 5.74) is 1.30. The van der Waals surface area contributed by atoms with Crippen LogP contribution in [0.25, 0.3) is 0 Å². The molecule has 0 radical (unpaired) electrons. The van der Waals surface area contributed by atoms with Crippen LogP contribution in [0.5, 0.6) is 0 Å². The average molecular weight is 317 g/mol. The minimum absolute atomic E-state index is 0.0826. The van der Waals surface area contributed by atoms with E-state index in [0.29, 0.717) is 18.5 Å². The second-order valence-corrected chi connectivity index (χ2v) is 5.93. The summed E-state index contributed by atoms with van der Waals surface area (Å²) in [6, 6.07) is 6.86. The highest BCUT2D eigenvalue weighted by molar-refractivity contribution is 5.95. The lowest BCUT2D eigenvalue weighted by Crippen LogP contribution is -2.42. The fourth-order valence-electron chi connectivity index (χ4n) is 2.91. The average Bonchev–Trinajstić information content (AvgIpc) is 2.54. The van der Waals surface area contributed by atoms with Crippen molar-refractivity contribution in [1.29, 1.82) is 0 Å². The van der Waals surface area contributed by atoms with Crippen molar-refractivity contribution in [3.8, 4) is 0 Å². The van der Waals surface area contributed by atoms with Crippen LogP contribution in [0.2, 0.25) is 0 Å². The van der Waals surface area contributed by atoms with Crippen LogP contribution in [0.1, 0.15) is 32.6 Å². The van der Waals surface area contributed by atoms with Crippen LogP contribution in [0.4, 0.5) is 11.4 Å². The maximum atomic E-state index is 12.3. The van der Waals surface area contributed by atoms with E-state index in [4.69, 9.17) is 0 Å². The first-order chi connectivity index (χ1) is 10.9. The summed E-state index contributed by atoms with van der Waals surface area (Å²) in [5, 5.41) is 13.9. The van der Waals surface area contributed by atoms with Gasteiger partial charge in [0.2, 0.25) is 11.8 Å². The number of nitrogens with one attached hydrogen (secondary N) is 1. The molecule has 0 bridgehead atoms. The van der Waals surface area contributed by atoms with Gasteiger partial charge in [0.15, 0.2) is 0 Å². The highest BCUT2D eigenvalue weighted by atomic mass is 16.4. The maximum Gasteiger partial charge on any atom is 0.228 e. The van der Waals surface area contributed by atoms with Gasteiger partial charge in [-0.1, -0.05) is 12.8 Å². The number of hydrogen-bond donors (Lipinski definition) is 1. The van der Waals surface area contributed by atoms with E-state index in [-0.39, 0.29) is 11.8 Å². The zero-order chi connectivity index (χ0) is 17.0. The number of rotatable bonds is 4. The molecule has 6 nitrogen and oxygen atoms in total. The van der Waals surface area contributed by atoms with Crippen LogP contribution in [-0.4, -0.2) is 24.8 Å². The first-order valence-electron chi connectivity index (χ1n) is 7.76. The molecule has 2 rings (SSSR count). The number of carbonyl (C=O) groups excluding carboxylic acids is 3. The Morgan fingerprint density at radius 1 is 1.09 bits per heavy atom. The van der Waals surface area contributed by atoms with Crippen LogP contribution < -0.4 is 15.3 Å². The summed E-state index contributed by atoms with van der Waals surface area (Å²) < 4.78 is 0. The number of carboxylic acids is 1. The Hall–Kier alpha value is -2.37. The summed E-state index contributed by atoms with van der Waals surface area (Å²) in [4.78, 5) is 36.3. The van der Waals surface area contributed by atoms with E-state index in [0.717, 1.165) is 18.5 Å². The first kappa shape index (κ1) is 17.0. The summed E-state index contributed by atoms with van der Waals surface area (Å²) in [6.45, 7) is 1.47. The fraction of sp³-hybridized carbons (Fsp3) is 0.471. The third kappa shape index (κ3) is 4.09. The molecule has 0 heterocycles. The normalized spacial score (nSPS) is 20.6. The molecule has 6 heteroatoms. The number of hydrogen-bond acceptors (Lipinski definition) is 4. The Balaban J connectivity index is 2.04. The van der Waals surface area contributed by atoms with Gasteiger partial charge in [0, 0.05) is 43.2 Å². The topological polar surface area (TPSA) is 89.5 Å². The van der Waals surface area contributed by atoms with Gasteiger partial charge in [-0.05, 0) is 37.1 Å². The number of carboxylic acid groups (broad SMARTS) is 1. The number of anilines is 2. The van der Waals surface area contributed by atoms with Crippen molar-refractivity contribution in [3.63, 3.8) is 0 Å². The van der Waals surface area contributed by atoms with Gasteiger partial charge in [0.05, 0.1) is 0 Å². The van der Waals surface area contributed by atoms with E-state index in [9.17, 15) is 19.5 Å². The van der Waals surface area contributed by atoms with Crippen molar-refractivity contribution in [2.45, 2.75) is 32.6 Å². The van der Waals surface area contributed by atoms with Gasteiger partial charge in [0.1, 0.15) is 0 Å². The molecule has 1 N–H and O–H groups in total. The van der Waals surface area contributed by atoms with E-state index in [1.165, 1.54) is 11.8 Å². The third-order valence-corrected chi connectivity index (χ3v) is 4.40. The Labute approximate surface area is 135 Å². The van der Waals surface area contributed by atoms with Crippen LogP contribution in [0.3, 0.4) is 0 Å². The van der Waals surface area contributed by atoms with Crippen LogP contribution >= 0.6 is 0 Å². The van der Waals surface area contributed by atoms with Gasteiger partial charge in [-0.2, -0.15) is 0 Å². The highest BCUT2D eigenvalue weighted by Crippen LogP contribution is 2.31. The second-order valence-electron chi connectivity index (χ2n) is 5.93. The van der Waals surface area contributed by atoms with Crippen molar-refractivity contribution in [2.75, 3.05) is 17.3 Å². The molecule has 1 saturated carbocycles. The van der Waals surface area contributed by atoms with Crippen molar-refractivity contribution < 1.29 is 19.5 Å². The number of carbonyl (C=O) groups is 3. The summed E-state index contributed by atoms with van der Waals surface area (Å²) in [6.07, 6.45) is 2.72. The zero-order valence-electron chi connectivity index (χ0n) is 13.4. The largest absolute Gasteiger partial charge is 0.550 e. The van der Waals surface area contributed by atoms with E-state index in [1.807, 2.05) is 0 Å². The number of amides is 2. The first-order valence-corrected chi connectivity index (χ1v) is 7.76. The molecule has 2 atom stereocenters. The molecular weight excluding hydrogens is 296 g/mol. The minimum atomic E-state index is -1.15. The van der Waals surface area contributed by atoms with E-state index in [1.54, 1.807) is 31.3 Å². The molecule has 1 aliphatic rings. The van der Waals surface area contributed by atoms with Crippen LogP contribution in [-0.2, 0) is 14.4 Å². The lowest BCUT2D eigenvalue weighted by atomic mass is 9.78. The minimum Gasteiger partial charge on any atom is -0.550 e. The van der Waals surface area contributed by atoms with E-state index in [2.05, 4.69) is 5.32 Å². The quantitative estimate of drug-likeness (QED) is 0.902. The number of aliphatic carboxylic acids is 1. The molecule has 2 amide bonds. The SMILES string of the molecule is CC(=O)N(C)c1ccc(NC(=O)[C@@H]2CCCC[C@H]2C(=O)[O-])cc1. The number of benzene rings is 1. The molecule has 23 heavy (non-hydrogen) atoms. The van der Waals surface area contributed by atoms with Gasteiger partial charge in [-0.15, -0.1) is 0 Å². The summed E-state index contributed by atoms with van der Waals surface area (Å²) >= 11 is 0. The van der Waals surface area contributed by atoms with Gasteiger partial charge in [0.25, 0.3) is 0 Å². The zero-order valence-corrected chi connectivity index (χ0v) is 13.4. The van der Waals surface area contributed by atoms with Gasteiger partial charge in [-0.3, -0.25) is 9.59 Å². The Kier molecular flexibility index (Phi) is 5.36. The molecular formula is C17H21N2O4-. The van der Waals surface area contributed by atoms with Gasteiger partial charge in [-0.25, -0.2) is 0 Å². The molecule has 1 aromatic rings. The standard InChI is InChI=1S/C17H22N2O4/c1-11(20)19(2)13-9-7-12(8-10-13)18-16(21)14-5-3-4-6-15(14)17(22)23/h7-10,14-15H,3-6H2,1-2H3,(H,18,21)(H,22,23)/p-1/t14-,15-/m1/s1. The van der Waals surface area contributed by atoms with Crippen molar-refractivity contribution in [3.05, 3.63) is 24.3 Å². The predicted octanol–water partition coefficient (Wildman–Crippen LogP) is 1.16. The smallest absolute Gasteiger partial charge is 0.228 e. The Bertz CT molecular complexity index is 597. The van der Waals surface area contributed by atoms with Crippen molar-refractivity contribution >= 4 is 29.2 Å². The second kappa shape index (κ2) is 7.26. The molecule has 0 saturated heterocycles. The predicted molar refractivity (Wildman–Crippen MR) is 84.6 cm³/mol. The third-order valence-electron chi connectivity index (χ3n) is 4.40. The van der Waals surface area contributed by atoms with Crippen molar-refractivity contribution in [1.82, 2.24) is 0 Å². The molecule has 1 aliphatic carbocycles. The van der Waals surface area contributed by atoms with Gasteiger partial charge >= 0.3 is 0 Å². The van der Waals surface area contributed by atoms with E-state index >= 15 is 0 Å². The monoisotopic (exact) mass is 317 g/mol. The summed E-state index contributed by atoms with van der Waals surface area (Å²) in [5.74, 6) is -2.78.